The van der Waals surface area contributed by atoms with Crippen molar-refractivity contribution in [2.24, 2.45) is 11.3 Å². The van der Waals surface area contributed by atoms with Crippen LogP contribution in [-0.4, -0.2) is 11.6 Å². The van der Waals surface area contributed by atoms with E-state index in [9.17, 15) is 9.59 Å². The molecule has 0 radical (unpaired) electrons. The van der Waals surface area contributed by atoms with Crippen LogP contribution in [0, 0.1) is 11.3 Å². The molecule has 0 aromatic carbocycles. The number of unbranched alkanes of at least 4 members (excludes halogenated alkanes) is 21. The van der Waals surface area contributed by atoms with Crippen molar-refractivity contribution in [3.05, 3.63) is 0 Å². The van der Waals surface area contributed by atoms with E-state index >= 15 is 0 Å². The zero-order valence-electron chi connectivity index (χ0n) is 28.4. The van der Waals surface area contributed by atoms with Gasteiger partial charge in [0.1, 0.15) is 11.6 Å². The Morgan fingerprint density at radius 1 is 0.500 bits per heavy atom. The Bertz CT molecular complexity index is 546. The molecule has 0 bridgehead atoms. The van der Waals surface area contributed by atoms with Gasteiger partial charge >= 0.3 is 0 Å². The van der Waals surface area contributed by atoms with Gasteiger partial charge in [-0.05, 0) is 18.8 Å². The van der Waals surface area contributed by atoms with Crippen LogP contribution in [0.15, 0.2) is 0 Å². The number of ketones is 2. The Morgan fingerprint density at radius 3 is 1.20 bits per heavy atom. The van der Waals surface area contributed by atoms with Gasteiger partial charge in [-0.2, -0.15) is 0 Å². The molecule has 0 N–H and O–H groups in total. The summed E-state index contributed by atoms with van der Waals surface area (Å²) in [6.45, 7) is 11.2. The summed E-state index contributed by atoms with van der Waals surface area (Å²) in [6, 6.07) is 0. The average Bonchev–Trinajstić information content (AvgIpc) is 2.93. The van der Waals surface area contributed by atoms with E-state index in [0.717, 1.165) is 32.1 Å². The summed E-state index contributed by atoms with van der Waals surface area (Å²) in [5.41, 5.74) is -0.304. The van der Waals surface area contributed by atoms with E-state index in [1.54, 1.807) is 0 Å². The second kappa shape index (κ2) is 28.5. The number of hydrogen-bond acceptors (Lipinski definition) is 2. The van der Waals surface area contributed by atoms with Crippen molar-refractivity contribution in [3.8, 4) is 0 Å². The van der Waals surface area contributed by atoms with Crippen molar-refractivity contribution in [1.82, 2.24) is 0 Å². The van der Waals surface area contributed by atoms with E-state index in [4.69, 9.17) is 0 Å². The summed E-state index contributed by atoms with van der Waals surface area (Å²) in [4.78, 5) is 26.4. The van der Waals surface area contributed by atoms with Crippen LogP contribution >= 0.6 is 0 Å². The van der Waals surface area contributed by atoms with E-state index in [1.807, 2.05) is 0 Å². The van der Waals surface area contributed by atoms with E-state index < -0.39 is 0 Å². The van der Waals surface area contributed by atoms with Gasteiger partial charge in [0, 0.05) is 11.8 Å². The van der Waals surface area contributed by atoms with Crippen LogP contribution in [0.4, 0.5) is 0 Å². The van der Waals surface area contributed by atoms with Crippen molar-refractivity contribution in [3.63, 3.8) is 0 Å². The first-order valence-corrected chi connectivity index (χ1v) is 18.4. The van der Waals surface area contributed by atoms with Gasteiger partial charge in [0.15, 0.2) is 0 Å². The number of Topliss-reactive ketones (excluding diaryl/α,β-unsaturated/α-hetero) is 2. The molecule has 1 unspecified atom stereocenters. The Balaban J connectivity index is 4.50. The quantitative estimate of drug-likeness (QED) is 0.0603. The molecule has 0 saturated carbocycles. The number of hydrogen-bond donors (Lipinski definition) is 0. The highest BCUT2D eigenvalue weighted by Gasteiger charge is 2.33. The first kappa shape index (κ1) is 39.3. The van der Waals surface area contributed by atoms with Crippen molar-refractivity contribution >= 4 is 11.6 Å². The molecule has 2 nitrogen and oxygen atoms in total. The van der Waals surface area contributed by atoms with E-state index in [1.165, 1.54) is 141 Å². The zero-order chi connectivity index (χ0) is 29.7. The smallest absolute Gasteiger partial charge is 0.146 e. The average molecular weight is 563 g/mol. The van der Waals surface area contributed by atoms with Crippen molar-refractivity contribution in [2.45, 2.75) is 221 Å². The molecule has 0 amide bonds. The summed E-state index contributed by atoms with van der Waals surface area (Å²) < 4.78 is 0. The molecule has 238 valence electrons. The second-order valence-corrected chi connectivity index (χ2v) is 13.7. The molecule has 0 spiro atoms. The lowest BCUT2D eigenvalue weighted by Crippen LogP contribution is -2.30. The predicted octanol–water partition coefficient (Wildman–Crippen LogP) is 13.1. The van der Waals surface area contributed by atoms with Gasteiger partial charge in [0.05, 0.1) is 6.42 Å². The van der Waals surface area contributed by atoms with Gasteiger partial charge in [0.25, 0.3) is 0 Å². The lowest BCUT2D eigenvalue weighted by molar-refractivity contribution is -0.134. The SMILES string of the molecule is CCCCCCCCCCC(C)CC(=O)CC(=O)C(C)(CCCCCCCCCC)CCCCCCCCCC. The van der Waals surface area contributed by atoms with Gasteiger partial charge < -0.3 is 0 Å². The summed E-state index contributed by atoms with van der Waals surface area (Å²) in [5.74, 6) is 0.838. The summed E-state index contributed by atoms with van der Waals surface area (Å²) >= 11 is 0. The molecular weight excluding hydrogens is 488 g/mol. The van der Waals surface area contributed by atoms with Crippen LogP contribution in [0.2, 0.25) is 0 Å². The molecule has 0 rings (SSSR count). The molecular formula is C38H74O2. The first-order valence-electron chi connectivity index (χ1n) is 18.4. The molecule has 0 fully saturated rings. The standard InChI is InChI=1S/C38H74O2/c1-6-9-12-15-18-21-24-27-30-35(4)33-36(39)34-37(40)38(5,31-28-25-22-19-16-13-10-7-2)32-29-26-23-20-17-14-11-8-3/h35H,6-34H2,1-5H3. The molecule has 0 aliphatic carbocycles. The van der Waals surface area contributed by atoms with Gasteiger partial charge in [-0.25, -0.2) is 0 Å². The molecule has 0 saturated heterocycles. The lowest BCUT2D eigenvalue weighted by atomic mass is 9.74. The highest BCUT2D eigenvalue weighted by atomic mass is 16.1. The van der Waals surface area contributed by atoms with Gasteiger partial charge in [-0.15, -0.1) is 0 Å². The molecule has 0 aromatic rings. The lowest BCUT2D eigenvalue weighted by Gasteiger charge is -2.28. The number of rotatable bonds is 32. The monoisotopic (exact) mass is 563 g/mol. The molecule has 0 aliphatic rings. The fraction of sp³-hybridized carbons (Fsp3) is 0.947. The van der Waals surface area contributed by atoms with Gasteiger partial charge in [-0.1, -0.05) is 195 Å². The van der Waals surface area contributed by atoms with Crippen molar-refractivity contribution in [1.29, 1.82) is 0 Å². The van der Waals surface area contributed by atoms with Crippen molar-refractivity contribution in [2.75, 3.05) is 0 Å². The molecule has 40 heavy (non-hydrogen) atoms. The van der Waals surface area contributed by atoms with Crippen LogP contribution in [0.5, 0.6) is 0 Å². The van der Waals surface area contributed by atoms with Crippen molar-refractivity contribution < 1.29 is 9.59 Å². The Morgan fingerprint density at radius 2 is 0.825 bits per heavy atom. The third kappa shape index (κ3) is 24.0. The van der Waals surface area contributed by atoms with E-state index in [2.05, 4.69) is 34.6 Å². The predicted molar refractivity (Wildman–Crippen MR) is 178 cm³/mol. The fourth-order valence-corrected chi connectivity index (χ4v) is 6.28. The summed E-state index contributed by atoms with van der Waals surface area (Å²) in [6.07, 6.45) is 35.2. The summed E-state index contributed by atoms with van der Waals surface area (Å²) in [5, 5.41) is 0. The minimum Gasteiger partial charge on any atom is -0.299 e. The second-order valence-electron chi connectivity index (χ2n) is 13.7. The molecule has 2 heteroatoms. The Kier molecular flexibility index (Phi) is 28.0. The molecule has 0 aliphatic heterocycles. The highest BCUT2D eigenvalue weighted by molar-refractivity contribution is 6.01. The van der Waals surface area contributed by atoms with Crippen LogP contribution in [0.25, 0.3) is 0 Å². The summed E-state index contributed by atoms with van der Waals surface area (Å²) in [7, 11) is 0. The van der Waals surface area contributed by atoms with Crippen LogP contribution in [0.1, 0.15) is 221 Å². The van der Waals surface area contributed by atoms with E-state index in [0.29, 0.717) is 12.3 Å². The van der Waals surface area contributed by atoms with Crippen LogP contribution < -0.4 is 0 Å². The van der Waals surface area contributed by atoms with Gasteiger partial charge in [-0.3, -0.25) is 9.59 Å². The minimum atomic E-state index is -0.304. The third-order valence-electron chi connectivity index (χ3n) is 9.32. The first-order chi connectivity index (χ1) is 19.4. The van der Waals surface area contributed by atoms with E-state index in [-0.39, 0.29) is 23.4 Å². The molecule has 1 atom stereocenters. The largest absolute Gasteiger partial charge is 0.299 e. The van der Waals surface area contributed by atoms with Gasteiger partial charge in [0.2, 0.25) is 0 Å². The Labute approximate surface area is 253 Å². The Hall–Kier alpha value is -0.660. The number of carbonyl (C=O) groups is 2. The zero-order valence-corrected chi connectivity index (χ0v) is 28.4. The maximum absolute atomic E-state index is 13.5. The fourth-order valence-electron chi connectivity index (χ4n) is 6.28. The maximum Gasteiger partial charge on any atom is 0.146 e. The molecule has 0 aromatic heterocycles. The van der Waals surface area contributed by atoms with Crippen LogP contribution in [-0.2, 0) is 9.59 Å². The highest BCUT2D eigenvalue weighted by Crippen LogP contribution is 2.34. The normalized spacial score (nSPS) is 12.6. The minimum absolute atomic E-state index is 0.173. The molecule has 0 heterocycles. The third-order valence-corrected chi connectivity index (χ3v) is 9.32. The van der Waals surface area contributed by atoms with Crippen LogP contribution in [0.3, 0.4) is 0 Å². The maximum atomic E-state index is 13.5. The topological polar surface area (TPSA) is 34.1 Å². The number of carbonyl (C=O) groups excluding carboxylic acids is 2.